The maximum atomic E-state index is 11.8. The normalized spacial score (nSPS) is 9.59. The Labute approximate surface area is 209 Å². The highest BCUT2D eigenvalue weighted by Gasteiger charge is 2.09. The largest absolute Gasteiger partial charge is 0.503 e. The summed E-state index contributed by atoms with van der Waals surface area (Å²) in [7, 11) is 0. The van der Waals surface area contributed by atoms with Crippen LogP contribution in [0.4, 0.5) is 0 Å². The molecule has 0 bridgehead atoms. The van der Waals surface area contributed by atoms with Crippen molar-refractivity contribution in [2.45, 2.75) is 13.8 Å². The molecular formula is C24H24N6O7. The fourth-order valence-corrected chi connectivity index (χ4v) is 2.50. The molecule has 0 unspecified atom stereocenters. The summed E-state index contributed by atoms with van der Waals surface area (Å²) in [5.41, 5.74) is 4.76. The molecule has 37 heavy (non-hydrogen) atoms. The third kappa shape index (κ3) is 8.15. The van der Waals surface area contributed by atoms with E-state index >= 15 is 0 Å². The Kier molecular flexibility index (Phi) is 10.2. The van der Waals surface area contributed by atoms with E-state index in [-0.39, 0.29) is 34.8 Å². The summed E-state index contributed by atoms with van der Waals surface area (Å²) in [6.07, 6.45) is 8.65. The van der Waals surface area contributed by atoms with Gasteiger partial charge in [0, 0.05) is 43.1 Å². The maximum Gasteiger partial charge on any atom is 0.271 e. The van der Waals surface area contributed by atoms with E-state index in [9.17, 15) is 24.3 Å². The minimum Gasteiger partial charge on any atom is -0.503 e. The van der Waals surface area contributed by atoms with Crippen LogP contribution in [-0.2, 0) is 0 Å². The van der Waals surface area contributed by atoms with Crippen LogP contribution in [0, 0.1) is 13.8 Å². The van der Waals surface area contributed by atoms with Crippen LogP contribution in [0.3, 0.4) is 0 Å². The van der Waals surface area contributed by atoms with Crippen LogP contribution in [0.25, 0.3) is 0 Å². The minimum absolute atomic E-state index is 0.252. The first-order valence-corrected chi connectivity index (χ1v) is 10.5. The number of aryl methyl sites for hydroxylation is 1. The molecule has 2 amide bonds. The zero-order valence-corrected chi connectivity index (χ0v) is 19.8. The molecule has 4 aromatic rings. The van der Waals surface area contributed by atoms with Crippen molar-refractivity contribution in [3.05, 3.63) is 117 Å². The quantitative estimate of drug-likeness (QED) is 0.151. The SMILES string of the molecule is Cc1c(O)c(=O)ccn1NC(=O)c1cccnc1.Cc1occc(=O)c1O.NNC(=O)c1cccnc1. The number of hydrazine groups is 1. The lowest BCUT2D eigenvalue weighted by molar-refractivity contribution is 0.0952. The number of aromatic hydroxyl groups is 2. The van der Waals surface area contributed by atoms with Crippen molar-refractivity contribution < 1.29 is 24.2 Å². The molecule has 192 valence electrons. The van der Waals surface area contributed by atoms with E-state index in [2.05, 4.69) is 19.8 Å². The van der Waals surface area contributed by atoms with Gasteiger partial charge < -0.3 is 14.6 Å². The van der Waals surface area contributed by atoms with Gasteiger partial charge in [0.1, 0.15) is 5.76 Å². The van der Waals surface area contributed by atoms with Crippen LogP contribution >= 0.6 is 0 Å². The van der Waals surface area contributed by atoms with Crippen LogP contribution in [0.5, 0.6) is 11.5 Å². The Morgan fingerprint density at radius 2 is 1.46 bits per heavy atom. The molecule has 13 heteroatoms. The zero-order valence-electron chi connectivity index (χ0n) is 19.8. The van der Waals surface area contributed by atoms with Gasteiger partial charge in [0.15, 0.2) is 5.75 Å². The summed E-state index contributed by atoms with van der Waals surface area (Å²) in [6, 6.07) is 8.90. The molecular weight excluding hydrogens is 484 g/mol. The lowest BCUT2D eigenvalue weighted by Crippen LogP contribution is -2.29. The average molecular weight is 508 g/mol. The number of hydrogen-bond donors (Lipinski definition) is 5. The van der Waals surface area contributed by atoms with E-state index in [1.165, 1.54) is 55.5 Å². The second kappa shape index (κ2) is 13.6. The van der Waals surface area contributed by atoms with E-state index < -0.39 is 10.9 Å². The highest BCUT2D eigenvalue weighted by atomic mass is 16.4. The Balaban J connectivity index is 0.000000214. The van der Waals surface area contributed by atoms with Gasteiger partial charge in [-0.05, 0) is 38.1 Å². The second-order valence-corrected chi connectivity index (χ2v) is 7.07. The molecule has 0 saturated heterocycles. The van der Waals surface area contributed by atoms with Crippen molar-refractivity contribution >= 4 is 11.8 Å². The fraction of sp³-hybridized carbons (Fsp3) is 0.0833. The van der Waals surface area contributed by atoms with Crippen molar-refractivity contribution in [2.75, 3.05) is 5.43 Å². The molecule has 0 aliphatic carbocycles. The summed E-state index contributed by atoms with van der Waals surface area (Å²) in [5.74, 6) is 3.73. The smallest absolute Gasteiger partial charge is 0.271 e. The van der Waals surface area contributed by atoms with E-state index in [0.29, 0.717) is 11.1 Å². The summed E-state index contributed by atoms with van der Waals surface area (Å²) < 4.78 is 5.97. The van der Waals surface area contributed by atoms with Crippen LogP contribution in [0.2, 0.25) is 0 Å². The Hall–Kier alpha value is -5.30. The van der Waals surface area contributed by atoms with Crippen LogP contribution in [0.15, 0.2) is 87.7 Å². The maximum absolute atomic E-state index is 11.8. The molecule has 0 fully saturated rings. The number of hydrogen-bond acceptors (Lipinski definition) is 10. The van der Waals surface area contributed by atoms with E-state index in [4.69, 9.17) is 10.9 Å². The van der Waals surface area contributed by atoms with Gasteiger partial charge in [-0.25, -0.2) is 5.84 Å². The first-order chi connectivity index (χ1) is 17.6. The van der Waals surface area contributed by atoms with Gasteiger partial charge in [-0.15, -0.1) is 0 Å². The van der Waals surface area contributed by atoms with Crippen molar-refractivity contribution in [3.8, 4) is 11.5 Å². The molecule has 0 saturated carbocycles. The second-order valence-electron chi connectivity index (χ2n) is 7.07. The number of carbonyl (C=O) groups excluding carboxylic acids is 2. The van der Waals surface area contributed by atoms with Gasteiger partial charge in [-0.1, -0.05) is 0 Å². The van der Waals surface area contributed by atoms with Gasteiger partial charge in [0.2, 0.25) is 16.6 Å². The predicted molar refractivity (Wildman–Crippen MR) is 132 cm³/mol. The van der Waals surface area contributed by atoms with Gasteiger partial charge in [0.25, 0.3) is 11.8 Å². The van der Waals surface area contributed by atoms with Gasteiger partial charge in [-0.2, -0.15) is 0 Å². The van der Waals surface area contributed by atoms with Crippen molar-refractivity contribution in [1.29, 1.82) is 0 Å². The first kappa shape index (κ1) is 27.9. The molecule has 0 aromatic carbocycles. The number of aromatic nitrogens is 3. The molecule has 6 N–H and O–H groups in total. The number of carbonyl (C=O) groups is 2. The van der Waals surface area contributed by atoms with Crippen molar-refractivity contribution in [2.24, 2.45) is 5.84 Å². The molecule has 0 radical (unpaired) electrons. The average Bonchev–Trinajstić information content (AvgIpc) is 2.93. The van der Waals surface area contributed by atoms with Crippen LogP contribution in [-0.4, -0.2) is 36.7 Å². The molecule has 0 atom stereocenters. The molecule has 4 heterocycles. The lowest BCUT2D eigenvalue weighted by Gasteiger charge is -2.12. The van der Waals surface area contributed by atoms with Crippen molar-refractivity contribution in [3.63, 3.8) is 0 Å². The minimum atomic E-state index is -0.487. The third-order valence-corrected chi connectivity index (χ3v) is 4.54. The zero-order chi connectivity index (χ0) is 27.4. The summed E-state index contributed by atoms with van der Waals surface area (Å²) >= 11 is 0. The molecule has 4 aromatic heterocycles. The number of nitrogens with one attached hydrogen (secondary N) is 2. The van der Waals surface area contributed by atoms with Gasteiger partial charge in [-0.3, -0.25) is 44.7 Å². The predicted octanol–water partition coefficient (Wildman–Crippen LogP) is 0.980. The summed E-state index contributed by atoms with van der Waals surface area (Å²) in [5, 5.41) is 18.3. The number of amides is 2. The number of rotatable bonds is 3. The van der Waals surface area contributed by atoms with E-state index in [0.717, 1.165) is 0 Å². The van der Waals surface area contributed by atoms with E-state index in [1.54, 1.807) is 36.7 Å². The van der Waals surface area contributed by atoms with Gasteiger partial charge >= 0.3 is 0 Å². The first-order valence-electron chi connectivity index (χ1n) is 10.5. The monoisotopic (exact) mass is 508 g/mol. The Morgan fingerprint density at radius 1 is 0.892 bits per heavy atom. The number of nitrogens with two attached hydrogens (primary N) is 1. The standard InChI is InChI=1S/C12H11N3O3.C6H7N3O.C6H6O3/c1-8-11(17)10(16)4-6-15(8)14-12(18)9-3-2-5-13-7-9;7-9-6(10)5-2-1-3-8-4-5;1-4-6(8)5(7)2-3-9-4/h2-7,17H,1H3,(H,14,18);1-4H,7H2,(H,9,10);2-3,8H,1H3. The molecule has 0 aliphatic heterocycles. The van der Waals surface area contributed by atoms with Crippen molar-refractivity contribution in [1.82, 2.24) is 20.1 Å². The molecule has 0 spiro atoms. The highest BCUT2D eigenvalue weighted by Crippen LogP contribution is 2.08. The number of nitrogens with zero attached hydrogens (tertiary/aromatic N) is 3. The van der Waals surface area contributed by atoms with Crippen LogP contribution < -0.4 is 27.6 Å². The van der Waals surface area contributed by atoms with Gasteiger partial charge in [0.05, 0.1) is 23.1 Å². The highest BCUT2D eigenvalue weighted by molar-refractivity contribution is 5.99. The number of nitrogen functional groups attached to an aromatic ring is 1. The fourth-order valence-electron chi connectivity index (χ4n) is 2.50. The molecule has 4 rings (SSSR count). The van der Waals surface area contributed by atoms with Crippen LogP contribution in [0.1, 0.15) is 32.2 Å². The Bertz CT molecular complexity index is 1450. The molecule has 13 nitrogen and oxygen atoms in total. The number of pyridine rings is 3. The van der Waals surface area contributed by atoms with E-state index in [1.807, 2.05) is 5.43 Å². The lowest BCUT2D eigenvalue weighted by atomic mass is 10.3. The topological polar surface area (TPSA) is 203 Å². The summed E-state index contributed by atoms with van der Waals surface area (Å²) in [6.45, 7) is 3.05. The third-order valence-electron chi connectivity index (χ3n) is 4.54. The Morgan fingerprint density at radius 3 is 1.95 bits per heavy atom. The molecule has 0 aliphatic rings. The summed E-state index contributed by atoms with van der Waals surface area (Å²) in [4.78, 5) is 51.8.